The van der Waals surface area contributed by atoms with Crippen LogP contribution in [-0.4, -0.2) is 59.5 Å². The number of hydrogen-bond acceptors (Lipinski definition) is 6. The van der Waals surface area contributed by atoms with Crippen molar-refractivity contribution < 1.29 is 14.3 Å². The zero-order valence-corrected chi connectivity index (χ0v) is 20.0. The Labute approximate surface area is 205 Å². The van der Waals surface area contributed by atoms with E-state index in [2.05, 4.69) is 20.2 Å². The Hall–Kier alpha value is -3.94. The Bertz CT molecular complexity index is 1110. The number of hydrogen-bond donors (Lipinski definition) is 1. The number of benzene rings is 2. The third kappa shape index (κ3) is 7.02. The van der Waals surface area contributed by atoms with E-state index >= 15 is 0 Å². The fourth-order valence-corrected chi connectivity index (χ4v) is 3.96. The van der Waals surface area contributed by atoms with Crippen molar-refractivity contribution in [1.29, 1.82) is 0 Å². The average Bonchev–Trinajstić information content (AvgIpc) is 2.89. The maximum atomic E-state index is 12.7. The third-order valence-corrected chi connectivity index (χ3v) is 5.96. The van der Waals surface area contributed by atoms with Crippen LogP contribution >= 0.6 is 0 Å². The first-order valence-electron chi connectivity index (χ1n) is 12.0. The molecule has 35 heavy (non-hydrogen) atoms. The van der Waals surface area contributed by atoms with E-state index in [-0.39, 0.29) is 11.8 Å². The molecule has 0 spiro atoms. The number of carbonyl (C=O) groups excluding carboxylic acids is 2. The van der Waals surface area contributed by atoms with Crippen LogP contribution in [0.4, 0.5) is 11.6 Å². The zero-order valence-electron chi connectivity index (χ0n) is 20.0. The molecule has 0 bridgehead atoms. The third-order valence-electron chi connectivity index (χ3n) is 5.96. The summed E-state index contributed by atoms with van der Waals surface area (Å²) in [5.41, 5.74) is 2.73. The van der Waals surface area contributed by atoms with E-state index in [1.54, 1.807) is 18.5 Å². The topological polar surface area (TPSA) is 87.7 Å². The van der Waals surface area contributed by atoms with Gasteiger partial charge in [-0.25, -0.2) is 9.97 Å². The van der Waals surface area contributed by atoms with Gasteiger partial charge in [0.1, 0.15) is 5.75 Å². The number of aryl methyl sites for hydroxylation is 1. The summed E-state index contributed by atoms with van der Waals surface area (Å²) in [5, 5.41) is 2.91. The van der Waals surface area contributed by atoms with Crippen molar-refractivity contribution in [2.75, 3.05) is 43.0 Å². The highest BCUT2D eigenvalue weighted by Crippen LogP contribution is 2.17. The molecule has 0 atom stereocenters. The molecule has 2 heterocycles. The number of carbonyl (C=O) groups is 2. The molecule has 0 saturated carbocycles. The fourth-order valence-electron chi connectivity index (χ4n) is 3.96. The molecule has 1 aliphatic heterocycles. The van der Waals surface area contributed by atoms with Crippen molar-refractivity contribution in [1.82, 2.24) is 14.9 Å². The van der Waals surface area contributed by atoms with Crippen LogP contribution in [0.1, 0.15) is 24.0 Å². The van der Waals surface area contributed by atoms with Crippen LogP contribution in [0, 0.1) is 6.92 Å². The number of para-hydroxylation sites is 1. The molecule has 1 aliphatic rings. The predicted octanol–water partition coefficient (Wildman–Crippen LogP) is 3.47. The molecule has 8 nitrogen and oxygen atoms in total. The van der Waals surface area contributed by atoms with Gasteiger partial charge in [0.15, 0.2) is 0 Å². The lowest BCUT2D eigenvalue weighted by molar-refractivity contribution is -0.130. The molecule has 0 aliphatic carbocycles. The van der Waals surface area contributed by atoms with Crippen LogP contribution in [-0.2, 0) is 16.0 Å². The highest BCUT2D eigenvalue weighted by atomic mass is 16.5. The van der Waals surface area contributed by atoms with Gasteiger partial charge in [-0.3, -0.25) is 9.59 Å². The summed E-state index contributed by atoms with van der Waals surface area (Å²) in [6, 6.07) is 17.1. The maximum absolute atomic E-state index is 12.7. The van der Waals surface area contributed by atoms with Gasteiger partial charge in [0.2, 0.25) is 17.8 Å². The number of rotatable bonds is 9. The highest BCUT2D eigenvalue weighted by Gasteiger charge is 2.22. The van der Waals surface area contributed by atoms with Gasteiger partial charge in [-0.15, -0.1) is 0 Å². The van der Waals surface area contributed by atoms with Crippen molar-refractivity contribution in [2.45, 2.75) is 26.2 Å². The van der Waals surface area contributed by atoms with Crippen molar-refractivity contribution in [2.24, 2.45) is 0 Å². The second-order valence-corrected chi connectivity index (χ2v) is 8.56. The molecule has 182 valence electrons. The van der Waals surface area contributed by atoms with Crippen molar-refractivity contribution in [3.63, 3.8) is 0 Å². The van der Waals surface area contributed by atoms with E-state index in [9.17, 15) is 9.59 Å². The van der Waals surface area contributed by atoms with Gasteiger partial charge in [0.05, 0.1) is 13.0 Å². The largest absolute Gasteiger partial charge is 0.493 e. The van der Waals surface area contributed by atoms with Gasteiger partial charge in [-0.05, 0) is 48.7 Å². The number of ether oxygens (including phenoxy) is 1. The molecule has 4 rings (SSSR count). The van der Waals surface area contributed by atoms with Gasteiger partial charge in [0.25, 0.3) is 0 Å². The standard InChI is InChI=1S/C27H31N5O3/c1-21-6-2-3-7-24(21)35-19-4-8-25(33)30-23-11-9-22(10-12-23)20-26(34)31-15-17-32(18-16-31)27-28-13-5-14-29-27/h2-3,5-7,9-14H,4,8,15-20H2,1H3,(H,30,33). The second-order valence-electron chi connectivity index (χ2n) is 8.56. The van der Waals surface area contributed by atoms with E-state index in [1.165, 1.54) is 0 Å². The number of aromatic nitrogens is 2. The number of amides is 2. The van der Waals surface area contributed by atoms with Crippen molar-refractivity contribution in [3.05, 3.63) is 78.1 Å². The number of nitrogens with one attached hydrogen (secondary N) is 1. The van der Waals surface area contributed by atoms with Gasteiger partial charge in [-0.1, -0.05) is 30.3 Å². The molecule has 1 fully saturated rings. The molecule has 1 aromatic heterocycles. The Kier molecular flexibility index (Phi) is 8.27. The minimum Gasteiger partial charge on any atom is -0.493 e. The lowest BCUT2D eigenvalue weighted by Crippen LogP contribution is -2.49. The Morgan fingerprint density at radius 2 is 1.66 bits per heavy atom. The normalized spacial score (nSPS) is 13.4. The Balaban J connectivity index is 1.16. The molecule has 8 heteroatoms. The molecule has 0 radical (unpaired) electrons. The van der Waals surface area contributed by atoms with E-state index in [0.29, 0.717) is 44.9 Å². The van der Waals surface area contributed by atoms with E-state index in [0.717, 1.165) is 35.7 Å². The first kappa shape index (κ1) is 24.2. The van der Waals surface area contributed by atoms with Crippen LogP contribution in [0.2, 0.25) is 0 Å². The van der Waals surface area contributed by atoms with E-state index < -0.39 is 0 Å². The SMILES string of the molecule is Cc1ccccc1OCCCC(=O)Nc1ccc(CC(=O)N2CCN(c3ncccn3)CC2)cc1. The number of anilines is 2. The number of nitrogens with zero attached hydrogens (tertiary/aromatic N) is 4. The van der Waals surface area contributed by atoms with Gasteiger partial charge in [-0.2, -0.15) is 0 Å². The molecule has 2 aromatic carbocycles. The van der Waals surface area contributed by atoms with Crippen molar-refractivity contribution in [3.8, 4) is 5.75 Å². The van der Waals surface area contributed by atoms with Crippen LogP contribution in [0.25, 0.3) is 0 Å². The highest BCUT2D eigenvalue weighted by molar-refractivity contribution is 5.90. The smallest absolute Gasteiger partial charge is 0.227 e. The summed E-state index contributed by atoms with van der Waals surface area (Å²) in [4.78, 5) is 37.5. The van der Waals surface area contributed by atoms with E-state index in [4.69, 9.17) is 4.74 Å². The summed E-state index contributed by atoms with van der Waals surface area (Å²) in [6.45, 7) is 5.23. The predicted molar refractivity (Wildman–Crippen MR) is 136 cm³/mol. The van der Waals surface area contributed by atoms with Crippen LogP contribution in [0.5, 0.6) is 5.75 Å². The van der Waals surface area contributed by atoms with Crippen molar-refractivity contribution >= 4 is 23.5 Å². The monoisotopic (exact) mass is 473 g/mol. The lowest BCUT2D eigenvalue weighted by atomic mass is 10.1. The number of piperazine rings is 1. The van der Waals surface area contributed by atoms with Crippen LogP contribution < -0.4 is 15.0 Å². The first-order valence-corrected chi connectivity index (χ1v) is 12.0. The molecule has 2 amide bonds. The maximum Gasteiger partial charge on any atom is 0.227 e. The summed E-state index contributed by atoms with van der Waals surface area (Å²) in [6.07, 6.45) is 4.81. The molecule has 1 N–H and O–H groups in total. The Morgan fingerprint density at radius 3 is 2.37 bits per heavy atom. The van der Waals surface area contributed by atoms with Gasteiger partial charge >= 0.3 is 0 Å². The summed E-state index contributed by atoms with van der Waals surface area (Å²) in [5.74, 6) is 1.60. The van der Waals surface area contributed by atoms with Crippen LogP contribution in [0.3, 0.4) is 0 Å². The first-order chi connectivity index (χ1) is 17.1. The second kappa shape index (κ2) is 12.0. The summed E-state index contributed by atoms with van der Waals surface area (Å²) in [7, 11) is 0. The quantitative estimate of drug-likeness (QED) is 0.479. The van der Waals surface area contributed by atoms with Crippen LogP contribution in [0.15, 0.2) is 67.0 Å². The molecular formula is C27H31N5O3. The summed E-state index contributed by atoms with van der Waals surface area (Å²) >= 11 is 0. The van der Waals surface area contributed by atoms with Gasteiger partial charge < -0.3 is 19.9 Å². The average molecular weight is 474 g/mol. The fraction of sp³-hybridized carbons (Fsp3) is 0.333. The lowest BCUT2D eigenvalue weighted by Gasteiger charge is -2.34. The van der Waals surface area contributed by atoms with Gasteiger partial charge in [0, 0.05) is 50.7 Å². The minimum atomic E-state index is -0.0533. The van der Waals surface area contributed by atoms with E-state index in [1.807, 2.05) is 60.4 Å². The molecular weight excluding hydrogens is 442 g/mol. The molecule has 0 unspecified atom stereocenters. The summed E-state index contributed by atoms with van der Waals surface area (Å²) < 4.78 is 5.74. The molecule has 3 aromatic rings. The zero-order chi connectivity index (χ0) is 24.5. The molecule has 1 saturated heterocycles. The Morgan fingerprint density at radius 1 is 0.943 bits per heavy atom. The minimum absolute atomic E-state index is 0.0533.